The van der Waals surface area contributed by atoms with Gasteiger partial charge in [0.05, 0.1) is 11.5 Å². The minimum absolute atomic E-state index is 0.0105. The number of aliphatic hydroxyl groups excluding tert-OH is 1. The topological polar surface area (TPSA) is 82.9 Å². The molecule has 0 bridgehead atoms. The second-order valence-corrected chi connectivity index (χ2v) is 7.98. The van der Waals surface area contributed by atoms with Gasteiger partial charge in [0.2, 0.25) is 5.91 Å². The molecule has 2 aromatic rings. The van der Waals surface area contributed by atoms with Gasteiger partial charge < -0.3 is 10.4 Å². The first-order chi connectivity index (χ1) is 11.5. The summed E-state index contributed by atoms with van der Waals surface area (Å²) < 4.78 is 2.18. The Balaban J connectivity index is 1.82. The van der Waals surface area contributed by atoms with Crippen molar-refractivity contribution in [3.8, 4) is 10.7 Å². The van der Waals surface area contributed by atoms with Gasteiger partial charge in [-0.2, -0.15) is 5.10 Å². The van der Waals surface area contributed by atoms with Crippen molar-refractivity contribution in [2.45, 2.75) is 45.2 Å². The highest BCUT2D eigenvalue weighted by atomic mass is 32.1. The number of nitrogens with zero attached hydrogens (tertiary/aromatic N) is 2. The summed E-state index contributed by atoms with van der Waals surface area (Å²) in [5.74, 6) is 0.575. The third-order valence-corrected chi connectivity index (χ3v) is 6.13. The Morgan fingerprint density at radius 2 is 2.50 bits per heavy atom. The molecule has 1 fully saturated rings. The van der Waals surface area contributed by atoms with Crippen molar-refractivity contribution in [3.63, 3.8) is 0 Å². The molecule has 3 N–H and O–H groups in total. The molecule has 1 amide bonds. The molecule has 0 aromatic carbocycles. The fourth-order valence-corrected chi connectivity index (χ4v) is 4.32. The van der Waals surface area contributed by atoms with Crippen LogP contribution in [0, 0.1) is 10.2 Å². The van der Waals surface area contributed by atoms with Crippen LogP contribution < -0.4 is 5.32 Å². The standard InChI is InChI=1S/C16H22N4O2S2/c1-10(14(22)17-12-6-3-7-16(12,2)9-21)20-13(18-19-15(20)23)11-5-4-8-24-11/h4-5,8,10,12,21H,3,6-7,9H2,1-2H3,(H,17,22)(H,19,23)/t10-,12-,16-/m1/s1. The lowest BCUT2D eigenvalue weighted by Gasteiger charge is -2.31. The Kier molecular flexibility index (Phi) is 4.89. The van der Waals surface area contributed by atoms with E-state index in [2.05, 4.69) is 15.5 Å². The van der Waals surface area contributed by atoms with Crippen molar-refractivity contribution < 1.29 is 9.90 Å². The third kappa shape index (κ3) is 3.05. The van der Waals surface area contributed by atoms with E-state index in [1.165, 1.54) is 0 Å². The molecular weight excluding hydrogens is 344 g/mol. The van der Waals surface area contributed by atoms with E-state index in [1.54, 1.807) is 15.9 Å². The molecule has 1 aliphatic rings. The Morgan fingerprint density at radius 3 is 3.17 bits per heavy atom. The van der Waals surface area contributed by atoms with E-state index >= 15 is 0 Å². The Labute approximate surface area is 149 Å². The van der Waals surface area contributed by atoms with Crippen molar-refractivity contribution in [1.29, 1.82) is 0 Å². The van der Waals surface area contributed by atoms with E-state index in [4.69, 9.17) is 12.2 Å². The highest BCUT2D eigenvalue weighted by Gasteiger charge is 2.39. The Morgan fingerprint density at radius 1 is 1.71 bits per heavy atom. The number of aromatic amines is 1. The molecule has 1 saturated carbocycles. The van der Waals surface area contributed by atoms with Crippen molar-refractivity contribution in [1.82, 2.24) is 20.1 Å². The first-order valence-corrected chi connectivity index (χ1v) is 9.37. The van der Waals surface area contributed by atoms with Gasteiger partial charge in [-0.3, -0.25) is 14.5 Å². The van der Waals surface area contributed by atoms with Crippen LogP contribution in [0.4, 0.5) is 0 Å². The number of hydrogen-bond donors (Lipinski definition) is 3. The first-order valence-electron chi connectivity index (χ1n) is 8.08. The fraction of sp³-hybridized carbons (Fsp3) is 0.562. The second kappa shape index (κ2) is 6.78. The SMILES string of the molecule is C[C@H](C(=O)N[C@@H]1CCC[C@]1(C)CO)n1c(-c2cccs2)n[nH]c1=S. The molecule has 0 spiro atoms. The van der Waals surface area contributed by atoms with Gasteiger partial charge in [0.15, 0.2) is 10.6 Å². The van der Waals surface area contributed by atoms with Gasteiger partial charge in [0.1, 0.15) is 6.04 Å². The smallest absolute Gasteiger partial charge is 0.243 e. The average molecular weight is 367 g/mol. The maximum atomic E-state index is 12.8. The fourth-order valence-electron chi connectivity index (χ4n) is 3.32. The summed E-state index contributed by atoms with van der Waals surface area (Å²) in [5, 5.41) is 21.8. The van der Waals surface area contributed by atoms with Gasteiger partial charge in [0.25, 0.3) is 0 Å². The summed E-state index contributed by atoms with van der Waals surface area (Å²) in [4.78, 5) is 13.7. The highest BCUT2D eigenvalue weighted by Crippen LogP contribution is 2.37. The normalized spacial score (nSPS) is 24.9. The molecule has 0 unspecified atom stereocenters. The summed E-state index contributed by atoms with van der Waals surface area (Å²) in [6.45, 7) is 3.93. The van der Waals surface area contributed by atoms with E-state index in [-0.39, 0.29) is 24.0 Å². The predicted molar refractivity (Wildman–Crippen MR) is 96.4 cm³/mol. The van der Waals surface area contributed by atoms with Gasteiger partial charge in [-0.1, -0.05) is 19.4 Å². The van der Waals surface area contributed by atoms with Crippen molar-refractivity contribution >= 4 is 29.5 Å². The van der Waals surface area contributed by atoms with Gasteiger partial charge in [-0.15, -0.1) is 11.3 Å². The summed E-state index contributed by atoms with van der Waals surface area (Å²) in [6, 6.07) is 3.41. The van der Waals surface area contributed by atoms with Crippen LogP contribution in [0.5, 0.6) is 0 Å². The lowest BCUT2D eigenvalue weighted by Crippen LogP contribution is -2.46. The zero-order chi connectivity index (χ0) is 17.3. The molecule has 0 saturated heterocycles. The number of rotatable bonds is 5. The van der Waals surface area contributed by atoms with Crippen LogP contribution in [-0.2, 0) is 4.79 Å². The summed E-state index contributed by atoms with van der Waals surface area (Å²) in [7, 11) is 0. The molecule has 2 aromatic heterocycles. The molecule has 130 valence electrons. The molecule has 2 heterocycles. The quantitative estimate of drug-likeness (QED) is 0.711. The van der Waals surface area contributed by atoms with E-state index < -0.39 is 6.04 Å². The number of carbonyl (C=O) groups is 1. The zero-order valence-corrected chi connectivity index (χ0v) is 15.4. The lowest BCUT2D eigenvalue weighted by atomic mass is 9.85. The zero-order valence-electron chi connectivity index (χ0n) is 13.8. The second-order valence-electron chi connectivity index (χ2n) is 6.64. The highest BCUT2D eigenvalue weighted by molar-refractivity contribution is 7.71. The number of H-pyrrole nitrogens is 1. The van der Waals surface area contributed by atoms with Gasteiger partial charge >= 0.3 is 0 Å². The van der Waals surface area contributed by atoms with Crippen LogP contribution in [-0.4, -0.2) is 38.4 Å². The van der Waals surface area contributed by atoms with Crippen LogP contribution in [0.1, 0.15) is 39.2 Å². The van der Waals surface area contributed by atoms with E-state index in [0.717, 1.165) is 24.1 Å². The molecule has 1 aliphatic carbocycles. The average Bonchev–Trinajstić information content (AvgIpc) is 3.28. The minimum Gasteiger partial charge on any atom is -0.396 e. The number of amides is 1. The molecule has 3 atom stereocenters. The molecule has 8 heteroatoms. The van der Waals surface area contributed by atoms with E-state index in [9.17, 15) is 9.90 Å². The van der Waals surface area contributed by atoms with E-state index in [0.29, 0.717) is 10.6 Å². The molecule has 6 nitrogen and oxygen atoms in total. The summed E-state index contributed by atoms with van der Waals surface area (Å²) in [5.41, 5.74) is -0.246. The van der Waals surface area contributed by atoms with Gasteiger partial charge in [0, 0.05) is 11.5 Å². The van der Waals surface area contributed by atoms with Crippen LogP contribution in [0.15, 0.2) is 17.5 Å². The summed E-state index contributed by atoms with van der Waals surface area (Å²) in [6.07, 6.45) is 2.83. The number of thiophene rings is 1. The Hall–Kier alpha value is -1.51. The van der Waals surface area contributed by atoms with Crippen LogP contribution in [0.25, 0.3) is 10.7 Å². The van der Waals surface area contributed by atoms with E-state index in [1.807, 2.05) is 31.4 Å². The van der Waals surface area contributed by atoms with Crippen LogP contribution in [0.2, 0.25) is 0 Å². The number of aromatic nitrogens is 3. The maximum absolute atomic E-state index is 12.8. The molecule has 0 radical (unpaired) electrons. The van der Waals surface area contributed by atoms with Crippen molar-refractivity contribution in [3.05, 3.63) is 22.3 Å². The predicted octanol–water partition coefficient (Wildman–Crippen LogP) is 2.90. The Bertz CT molecular complexity index is 767. The van der Waals surface area contributed by atoms with Crippen LogP contribution >= 0.6 is 23.6 Å². The number of nitrogens with one attached hydrogen (secondary N) is 2. The molecular formula is C16H22N4O2S2. The third-order valence-electron chi connectivity index (χ3n) is 4.97. The largest absolute Gasteiger partial charge is 0.396 e. The monoisotopic (exact) mass is 366 g/mol. The number of hydrogen-bond acceptors (Lipinski definition) is 5. The van der Waals surface area contributed by atoms with Crippen molar-refractivity contribution in [2.75, 3.05) is 6.61 Å². The molecule has 24 heavy (non-hydrogen) atoms. The maximum Gasteiger partial charge on any atom is 0.243 e. The molecule has 3 rings (SSSR count). The van der Waals surface area contributed by atoms with Crippen molar-refractivity contribution in [2.24, 2.45) is 5.41 Å². The van der Waals surface area contributed by atoms with Gasteiger partial charge in [-0.05, 0) is 43.4 Å². The lowest BCUT2D eigenvalue weighted by molar-refractivity contribution is -0.125. The summed E-state index contributed by atoms with van der Waals surface area (Å²) >= 11 is 6.88. The van der Waals surface area contributed by atoms with Crippen LogP contribution in [0.3, 0.4) is 0 Å². The minimum atomic E-state index is -0.475. The van der Waals surface area contributed by atoms with Gasteiger partial charge in [-0.25, -0.2) is 0 Å². The number of carbonyl (C=O) groups excluding carboxylic acids is 1. The number of aliphatic hydroxyl groups is 1. The molecule has 0 aliphatic heterocycles. The first kappa shape index (κ1) is 17.3.